The number of fused-ring (bicyclic) bond motifs is 1. The van der Waals surface area contributed by atoms with Crippen LogP contribution in [0.4, 0.5) is 0 Å². The van der Waals surface area contributed by atoms with Crippen molar-refractivity contribution in [2.45, 2.75) is 39.0 Å². The monoisotopic (exact) mass is 366 g/mol. The number of carbonyl (C=O) groups excluding carboxylic acids is 1. The molecule has 0 spiro atoms. The summed E-state index contributed by atoms with van der Waals surface area (Å²) in [4.78, 5) is 25.6. The van der Waals surface area contributed by atoms with E-state index in [1.165, 1.54) is 0 Å². The highest BCUT2D eigenvalue weighted by molar-refractivity contribution is 5.95. The Morgan fingerprint density at radius 3 is 3.04 bits per heavy atom. The van der Waals surface area contributed by atoms with Crippen molar-refractivity contribution in [3.8, 4) is 0 Å². The number of ether oxygens (including phenoxy) is 1. The lowest BCUT2D eigenvalue weighted by Crippen LogP contribution is -2.35. The largest absolute Gasteiger partial charge is 0.376 e. The van der Waals surface area contributed by atoms with E-state index >= 15 is 0 Å². The van der Waals surface area contributed by atoms with Crippen LogP contribution in [0.2, 0.25) is 0 Å². The Morgan fingerprint density at radius 1 is 1.33 bits per heavy atom. The van der Waals surface area contributed by atoms with Crippen molar-refractivity contribution in [1.82, 2.24) is 19.5 Å². The van der Waals surface area contributed by atoms with Gasteiger partial charge < -0.3 is 14.6 Å². The molecule has 1 aliphatic rings. The van der Waals surface area contributed by atoms with Crippen molar-refractivity contribution in [3.63, 3.8) is 0 Å². The predicted molar refractivity (Wildman–Crippen MR) is 101 cm³/mol. The summed E-state index contributed by atoms with van der Waals surface area (Å²) in [5.74, 6) is -0.360. The fraction of sp³-hybridized carbons (Fsp3) is 0.350. The van der Waals surface area contributed by atoms with E-state index in [1.807, 2.05) is 30.5 Å². The summed E-state index contributed by atoms with van der Waals surface area (Å²) in [6, 6.07) is 7.52. The van der Waals surface area contributed by atoms with Crippen LogP contribution in [0.5, 0.6) is 0 Å². The van der Waals surface area contributed by atoms with Crippen LogP contribution in [0.3, 0.4) is 0 Å². The Bertz CT molecular complexity index is 1030. The molecule has 0 radical (unpaired) electrons. The minimum Gasteiger partial charge on any atom is -0.376 e. The standard InChI is InChI=1S/C20H22N4O3/c1-14-7-10-23(13-16-5-3-11-27-16)20(26)18(14)19(25)21-12-15-4-2-9-24-17(15)6-8-22-24/h2,4,6-10,16H,3,5,11-13H2,1H3,(H,21,25). The van der Waals surface area contributed by atoms with Crippen LogP contribution in [0.15, 0.2) is 47.7 Å². The zero-order chi connectivity index (χ0) is 18.8. The molecule has 1 atom stereocenters. The highest BCUT2D eigenvalue weighted by Crippen LogP contribution is 2.14. The molecule has 0 saturated carbocycles. The molecule has 4 rings (SSSR count). The molecule has 3 aromatic rings. The van der Waals surface area contributed by atoms with E-state index in [9.17, 15) is 9.59 Å². The molecule has 1 amide bonds. The molecule has 0 aromatic carbocycles. The number of carbonyl (C=O) groups is 1. The number of amides is 1. The van der Waals surface area contributed by atoms with Crippen molar-refractivity contribution in [2.24, 2.45) is 0 Å². The SMILES string of the molecule is Cc1ccn(CC2CCCO2)c(=O)c1C(=O)NCc1cccn2nccc12. The van der Waals surface area contributed by atoms with Gasteiger partial charge in [0.2, 0.25) is 0 Å². The summed E-state index contributed by atoms with van der Waals surface area (Å²) in [6.07, 6.45) is 7.30. The van der Waals surface area contributed by atoms with Crippen LogP contribution in [-0.2, 0) is 17.8 Å². The first-order chi connectivity index (χ1) is 13.1. The summed E-state index contributed by atoms with van der Waals surface area (Å²) >= 11 is 0. The van der Waals surface area contributed by atoms with Crippen molar-refractivity contribution >= 4 is 11.4 Å². The molecular weight excluding hydrogens is 344 g/mol. The Balaban J connectivity index is 1.54. The summed E-state index contributed by atoms with van der Waals surface area (Å²) in [5.41, 5.74) is 2.46. The van der Waals surface area contributed by atoms with Gasteiger partial charge in [-0.25, -0.2) is 4.52 Å². The van der Waals surface area contributed by atoms with Gasteiger partial charge >= 0.3 is 0 Å². The van der Waals surface area contributed by atoms with Gasteiger partial charge in [-0.2, -0.15) is 5.10 Å². The fourth-order valence-corrected chi connectivity index (χ4v) is 3.52. The third-order valence-corrected chi connectivity index (χ3v) is 4.99. The maximum Gasteiger partial charge on any atom is 0.263 e. The van der Waals surface area contributed by atoms with Crippen LogP contribution < -0.4 is 10.9 Å². The van der Waals surface area contributed by atoms with Crippen LogP contribution in [0.25, 0.3) is 5.52 Å². The molecule has 1 aliphatic heterocycles. The number of nitrogens with zero attached hydrogens (tertiary/aromatic N) is 3. The average Bonchev–Trinajstić information content (AvgIpc) is 3.34. The molecule has 7 heteroatoms. The van der Waals surface area contributed by atoms with Crippen molar-refractivity contribution in [1.29, 1.82) is 0 Å². The van der Waals surface area contributed by atoms with E-state index in [0.29, 0.717) is 18.7 Å². The summed E-state index contributed by atoms with van der Waals surface area (Å²) in [5, 5.41) is 7.07. The Kier molecular flexibility index (Phi) is 4.77. The van der Waals surface area contributed by atoms with Gasteiger partial charge in [0.05, 0.1) is 18.2 Å². The molecular formula is C20H22N4O3. The minimum absolute atomic E-state index is 0.0424. The maximum absolute atomic E-state index is 12.8. The van der Waals surface area contributed by atoms with Crippen molar-refractivity contribution < 1.29 is 9.53 Å². The number of pyridine rings is 2. The molecule has 1 fully saturated rings. The number of aromatic nitrogens is 3. The zero-order valence-corrected chi connectivity index (χ0v) is 15.2. The lowest BCUT2D eigenvalue weighted by Gasteiger charge is -2.14. The topological polar surface area (TPSA) is 77.6 Å². The average molecular weight is 366 g/mol. The molecule has 140 valence electrons. The Hall–Kier alpha value is -2.93. The highest BCUT2D eigenvalue weighted by atomic mass is 16.5. The second-order valence-corrected chi connectivity index (χ2v) is 6.84. The maximum atomic E-state index is 12.8. The molecule has 1 unspecified atom stereocenters. The fourth-order valence-electron chi connectivity index (χ4n) is 3.52. The molecule has 0 aliphatic carbocycles. The van der Waals surface area contributed by atoms with E-state index in [-0.39, 0.29) is 23.1 Å². The molecule has 27 heavy (non-hydrogen) atoms. The van der Waals surface area contributed by atoms with Crippen LogP contribution in [0.1, 0.15) is 34.3 Å². The van der Waals surface area contributed by atoms with Gasteiger partial charge in [-0.05, 0) is 49.1 Å². The van der Waals surface area contributed by atoms with E-state index in [2.05, 4.69) is 10.4 Å². The number of aryl methyl sites for hydroxylation is 1. The number of hydrogen-bond acceptors (Lipinski definition) is 4. The first-order valence-electron chi connectivity index (χ1n) is 9.14. The van der Waals surface area contributed by atoms with Crippen molar-refractivity contribution in [2.75, 3.05) is 6.61 Å². The first-order valence-corrected chi connectivity index (χ1v) is 9.14. The van der Waals surface area contributed by atoms with Crippen LogP contribution in [0, 0.1) is 6.92 Å². The highest BCUT2D eigenvalue weighted by Gasteiger charge is 2.20. The zero-order valence-electron chi connectivity index (χ0n) is 15.2. The van der Waals surface area contributed by atoms with Gasteiger partial charge in [0.15, 0.2) is 0 Å². The van der Waals surface area contributed by atoms with Crippen LogP contribution >= 0.6 is 0 Å². The lowest BCUT2D eigenvalue weighted by molar-refractivity contribution is 0.0928. The van der Waals surface area contributed by atoms with E-state index in [0.717, 1.165) is 30.5 Å². The quantitative estimate of drug-likeness (QED) is 0.748. The Morgan fingerprint density at radius 2 is 2.22 bits per heavy atom. The first kappa shape index (κ1) is 17.5. The van der Waals surface area contributed by atoms with Gasteiger partial charge in [-0.1, -0.05) is 6.07 Å². The molecule has 3 aromatic heterocycles. The second kappa shape index (κ2) is 7.36. The van der Waals surface area contributed by atoms with Crippen LogP contribution in [-0.4, -0.2) is 32.8 Å². The molecule has 7 nitrogen and oxygen atoms in total. The lowest BCUT2D eigenvalue weighted by atomic mass is 10.1. The minimum atomic E-state index is -0.360. The second-order valence-electron chi connectivity index (χ2n) is 6.84. The third kappa shape index (κ3) is 3.50. The van der Waals surface area contributed by atoms with E-state index < -0.39 is 0 Å². The van der Waals surface area contributed by atoms with Gasteiger partial charge in [-0.15, -0.1) is 0 Å². The molecule has 0 bridgehead atoms. The number of rotatable bonds is 5. The number of nitrogens with one attached hydrogen (secondary N) is 1. The van der Waals surface area contributed by atoms with Gasteiger partial charge in [0.25, 0.3) is 11.5 Å². The van der Waals surface area contributed by atoms with E-state index in [1.54, 1.807) is 28.4 Å². The smallest absolute Gasteiger partial charge is 0.263 e. The van der Waals surface area contributed by atoms with Gasteiger partial charge in [-0.3, -0.25) is 9.59 Å². The van der Waals surface area contributed by atoms with Gasteiger partial charge in [0, 0.05) is 31.7 Å². The number of hydrogen-bond donors (Lipinski definition) is 1. The Labute approximate surface area is 156 Å². The van der Waals surface area contributed by atoms with E-state index in [4.69, 9.17) is 4.74 Å². The predicted octanol–water partition coefficient (Wildman–Crippen LogP) is 1.91. The summed E-state index contributed by atoms with van der Waals surface area (Å²) in [7, 11) is 0. The summed E-state index contributed by atoms with van der Waals surface area (Å²) < 4.78 is 8.95. The van der Waals surface area contributed by atoms with Gasteiger partial charge in [0.1, 0.15) is 5.56 Å². The summed E-state index contributed by atoms with van der Waals surface area (Å²) in [6.45, 7) is 3.33. The van der Waals surface area contributed by atoms with Crippen molar-refractivity contribution in [3.05, 3.63) is 69.9 Å². The molecule has 1 saturated heterocycles. The molecule has 4 heterocycles. The third-order valence-electron chi connectivity index (χ3n) is 4.99. The normalized spacial score (nSPS) is 16.7. The molecule has 1 N–H and O–H groups in total.